The number of carbonyl (C=O) groups is 1. The van der Waals surface area contributed by atoms with Crippen LogP contribution in [-0.4, -0.2) is 40.7 Å². The maximum absolute atomic E-state index is 11.9. The molecule has 0 aromatic carbocycles. The SMILES string of the molecule is O=C1CC(S(=O)(=O)Cl)CN1c1nc2c(Cl)cccn2n1. The zero-order valence-corrected chi connectivity index (χ0v) is 12.2. The number of amides is 1. The Morgan fingerprint density at radius 3 is 2.75 bits per heavy atom. The summed E-state index contributed by atoms with van der Waals surface area (Å²) in [4.78, 5) is 17.2. The molecule has 1 saturated heterocycles. The number of hydrogen-bond donors (Lipinski definition) is 0. The van der Waals surface area contributed by atoms with Crippen LogP contribution >= 0.6 is 22.3 Å². The molecule has 7 nitrogen and oxygen atoms in total. The fourth-order valence-electron chi connectivity index (χ4n) is 2.03. The Kier molecular flexibility index (Phi) is 3.11. The van der Waals surface area contributed by atoms with E-state index in [0.29, 0.717) is 10.7 Å². The Bertz CT molecular complexity index is 804. The minimum atomic E-state index is -3.79. The first-order chi connectivity index (χ1) is 9.36. The highest BCUT2D eigenvalue weighted by molar-refractivity contribution is 8.14. The Balaban J connectivity index is 2.00. The van der Waals surface area contributed by atoms with Gasteiger partial charge in [-0.1, -0.05) is 11.6 Å². The molecule has 1 aliphatic rings. The van der Waals surface area contributed by atoms with Gasteiger partial charge in [0.2, 0.25) is 15.0 Å². The Labute approximate surface area is 123 Å². The molecule has 106 valence electrons. The Morgan fingerprint density at radius 1 is 1.40 bits per heavy atom. The standard InChI is InChI=1S/C10H8Cl2N4O3S/c11-7-2-1-3-16-9(7)13-10(14-16)15-5-6(4-8(15)17)20(12,18)19/h1-3,6H,4-5H2. The smallest absolute Gasteiger partial charge is 0.252 e. The Hall–Kier alpha value is -1.38. The first kappa shape index (κ1) is 13.6. The highest BCUT2D eigenvalue weighted by Crippen LogP contribution is 2.26. The predicted molar refractivity (Wildman–Crippen MR) is 73.5 cm³/mol. The molecule has 1 atom stereocenters. The van der Waals surface area contributed by atoms with Crippen LogP contribution in [0.15, 0.2) is 18.3 Å². The van der Waals surface area contributed by atoms with Gasteiger partial charge in [-0.25, -0.2) is 12.9 Å². The lowest BCUT2D eigenvalue weighted by Gasteiger charge is -2.10. The topological polar surface area (TPSA) is 84.6 Å². The van der Waals surface area contributed by atoms with Crippen molar-refractivity contribution < 1.29 is 13.2 Å². The number of hydrogen-bond acceptors (Lipinski definition) is 5. The lowest BCUT2D eigenvalue weighted by Crippen LogP contribution is -2.27. The summed E-state index contributed by atoms with van der Waals surface area (Å²) in [6.45, 7) is -0.0564. The summed E-state index contributed by atoms with van der Waals surface area (Å²) >= 11 is 5.97. The number of nitrogens with zero attached hydrogens (tertiary/aromatic N) is 4. The minimum absolute atomic E-state index is 0.0564. The van der Waals surface area contributed by atoms with Crippen molar-refractivity contribution >= 4 is 48.8 Å². The van der Waals surface area contributed by atoms with Gasteiger partial charge in [0, 0.05) is 29.8 Å². The van der Waals surface area contributed by atoms with Crippen molar-refractivity contribution in [2.75, 3.05) is 11.4 Å². The maximum Gasteiger partial charge on any atom is 0.252 e. The molecule has 0 bridgehead atoms. The third kappa shape index (κ3) is 2.23. The highest BCUT2D eigenvalue weighted by atomic mass is 35.7. The van der Waals surface area contributed by atoms with Crippen LogP contribution in [0, 0.1) is 0 Å². The number of rotatable bonds is 2. The zero-order valence-electron chi connectivity index (χ0n) is 9.90. The van der Waals surface area contributed by atoms with E-state index < -0.39 is 14.3 Å². The molecule has 0 radical (unpaired) electrons. The molecule has 2 aromatic heterocycles. The zero-order chi connectivity index (χ0) is 14.5. The van der Waals surface area contributed by atoms with E-state index in [2.05, 4.69) is 10.1 Å². The van der Waals surface area contributed by atoms with Crippen molar-refractivity contribution in [2.45, 2.75) is 11.7 Å². The molecule has 2 aromatic rings. The van der Waals surface area contributed by atoms with E-state index in [0.717, 1.165) is 0 Å². The molecule has 0 N–H and O–H groups in total. The van der Waals surface area contributed by atoms with Crippen molar-refractivity contribution in [3.63, 3.8) is 0 Å². The molecular weight excluding hydrogens is 327 g/mol. The summed E-state index contributed by atoms with van der Waals surface area (Å²) in [6.07, 6.45) is 1.46. The quantitative estimate of drug-likeness (QED) is 0.766. The van der Waals surface area contributed by atoms with Crippen LogP contribution in [0.2, 0.25) is 5.02 Å². The molecule has 1 amide bonds. The van der Waals surface area contributed by atoms with Gasteiger partial charge in [-0.3, -0.25) is 9.69 Å². The molecular formula is C10H8Cl2N4O3S. The average molecular weight is 335 g/mol. The third-order valence-electron chi connectivity index (χ3n) is 3.03. The number of halogens is 2. The molecule has 0 saturated carbocycles. The lowest BCUT2D eigenvalue weighted by molar-refractivity contribution is -0.117. The van der Waals surface area contributed by atoms with Gasteiger partial charge in [0.25, 0.3) is 5.95 Å². The summed E-state index contributed by atoms with van der Waals surface area (Å²) in [5, 5.41) is 3.55. The fraction of sp³-hybridized carbons (Fsp3) is 0.300. The van der Waals surface area contributed by atoms with Gasteiger partial charge < -0.3 is 0 Å². The summed E-state index contributed by atoms with van der Waals surface area (Å²) in [5.74, 6) is -0.267. The van der Waals surface area contributed by atoms with Crippen LogP contribution in [0.5, 0.6) is 0 Å². The van der Waals surface area contributed by atoms with Crippen LogP contribution in [0.4, 0.5) is 5.95 Å². The van der Waals surface area contributed by atoms with E-state index >= 15 is 0 Å². The Morgan fingerprint density at radius 2 is 2.15 bits per heavy atom. The first-order valence-electron chi connectivity index (χ1n) is 5.61. The van der Waals surface area contributed by atoms with Gasteiger partial charge >= 0.3 is 0 Å². The largest absolute Gasteiger partial charge is 0.278 e. The van der Waals surface area contributed by atoms with Gasteiger partial charge in [0.15, 0.2) is 5.65 Å². The maximum atomic E-state index is 11.9. The lowest BCUT2D eigenvalue weighted by atomic mass is 10.4. The second-order valence-electron chi connectivity index (χ2n) is 4.34. The second kappa shape index (κ2) is 4.57. The molecule has 1 fully saturated rings. The summed E-state index contributed by atoms with van der Waals surface area (Å²) in [5.41, 5.74) is 0.397. The van der Waals surface area contributed by atoms with Crippen LogP contribution in [0.3, 0.4) is 0 Å². The number of fused-ring (bicyclic) bond motifs is 1. The van der Waals surface area contributed by atoms with Crippen molar-refractivity contribution in [1.29, 1.82) is 0 Å². The van der Waals surface area contributed by atoms with Crippen LogP contribution in [0.25, 0.3) is 5.65 Å². The molecule has 0 aliphatic carbocycles. The third-order valence-corrected chi connectivity index (χ3v) is 5.20. The molecule has 1 unspecified atom stereocenters. The van der Waals surface area contributed by atoms with Gasteiger partial charge in [-0.05, 0) is 12.1 Å². The van der Waals surface area contributed by atoms with Crippen molar-refractivity contribution in [3.8, 4) is 0 Å². The molecule has 20 heavy (non-hydrogen) atoms. The molecule has 10 heteroatoms. The van der Waals surface area contributed by atoms with Crippen molar-refractivity contribution in [1.82, 2.24) is 14.6 Å². The second-order valence-corrected chi connectivity index (χ2v) is 7.66. The number of aromatic nitrogens is 3. The normalized spacial score (nSPS) is 20.0. The highest BCUT2D eigenvalue weighted by Gasteiger charge is 2.39. The fourth-order valence-corrected chi connectivity index (χ4v) is 3.26. The summed E-state index contributed by atoms with van der Waals surface area (Å²) < 4.78 is 24.0. The number of anilines is 1. The average Bonchev–Trinajstić information content (AvgIpc) is 2.92. The van der Waals surface area contributed by atoms with E-state index in [1.165, 1.54) is 9.42 Å². The minimum Gasteiger partial charge on any atom is -0.278 e. The predicted octanol–water partition coefficient (Wildman–Crippen LogP) is 1.06. The van der Waals surface area contributed by atoms with E-state index in [1.807, 2.05) is 0 Å². The van der Waals surface area contributed by atoms with Crippen molar-refractivity contribution in [2.24, 2.45) is 0 Å². The first-order valence-corrected chi connectivity index (χ1v) is 8.36. The van der Waals surface area contributed by atoms with Gasteiger partial charge in [0.1, 0.15) is 5.25 Å². The molecule has 1 aliphatic heterocycles. The van der Waals surface area contributed by atoms with E-state index in [-0.39, 0.29) is 24.8 Å². The van der Waals surface area contributed by atoms with Crippen LogP contribution < -0.4 is 4.90 Å². The van der Waals surface area contributed by atoms with E-state index in [4.69, 9.17) is 22.3 Å². The van der Waals surface area contributed by atoms with Crippen LogP contribution in [0.1, 0.15) is 6.42 Å². The van der Waals surface area contributed by atoms with Crippen LogP contribution in [-0.2, 0) is 13.8 Å². The van der Waals surface area contributed by atoms with Gasteiger partial charge in [0.05, 0.1) is 5.02 Å². The van der Waals surface area contributed by atoms with Gasteiger partial charge in [-0.2, -0.15) is 4.98 Å². The molecule has 3 heterocycles. The summed E-state index contributed by atoms with van der Waals surface area (Å²) in [7, 11) is 1.49. The molecule has 3 rings (SSSR count). The van der Waals surface area contributed by atoms with E-state index in [1.54, 1.807) is 18.3 Å². The monoisotopic (exact) mass is 334 g/mol. The summed E-state index contributed by atoms with van der Waals surface area (Å²) in [6, 6.07) is 3.33. The number of pyridine rings is 1. The molecule has 0 spiro atoms. The van der Waals surface area contributed by atoms with Crippen molar-refractivity contribution in [3.05, 3.63) is 23.4 Å². The van der Waals surface area contributed by atoms with Gasteiger partial charge in [-0.15, -0.1) is 5.10 Å². The van der Waals surface area contributed by atoms with E-state index in [9.17, 15) is 13.2 Å². The number of carbonyl (C=O) groups excluding carboxylic acids is 1.